The highest BCUT2D eigenvalue weighted by molar-refractivity contribution is 7.16. The topological polar surface area (TPSA) is 75.6 Å². The molecule has 5 nitrogen and oxygen atoms in total. The van der Waals surface area contributed by atoms with E-state index in [0.29, 0.717) is 16.3 Å². The van der Waals surface area contributed by atoms with Crippen LogP contribution in [0.25, 0.3) is 0 Å². The number of hydrogen-bond acceptors (Lipinski definition) is 4. The minimum absolute atomic E-state index is 0.0475. The summed E-state index contributed by atoms with van der Waals surface area (Å²) in [5.74, 6) is -1.09. The molecule has 7 heteroatoms. The third-order valence-electron chi connectivity index (χ3n) is 3.51. The van der Waals surface area contributed by atoms with E-state index < -0.39 is 5.97 Å². The van der Waals surface area contributed by atoms with Gasteiger partial charge in [0.15, 0.2) is 0 Å². The van der Waals surface area contributed by atoms with Crippen LogP contribution in [0.2, 0.25) is 5.02 Å². The van der Waals surface area contributed by atoms with Crippen molar-refractivity contribution in [3.63, 3.8) is 0 Å². The number of ether oxygens (including phenoxy) is 1. The molecule has 0 aliphatic rings. The molecule has 0 spiro atoms. The number of amides is 1. The van der Waals surface area contributed by atoms with Crippen LogP contribution in [0.15, 0.2) is 54.6 Å². The molecule has 3 rings (SSSR count). The third-order valence-corrected chi connectivity index (χ3v) is 4.82. The number of nitrogens with one attached hydrogen (secondary N) is 1. The zero-order chi connectivity index (χ0) is 18.7. The number of halogens is 1. The summed E-state index contributed by atoms with van der Waals surface area (Å²) in [7, 11) is 0. The van der Waals surface area contributed by atoms with Gasteiger partial charge in [-0.3, -0.25) is 4.79 Å². The summed E-state index contributed by atoms with van der Waals surface area (Å²) in [4.78, 5) is 23.8. The van der Waals surface area contributed by atoms with E-state index in [0.717, 1.165) is 16.9 Å². The zero-order valence-electron chi connectivity index (χ0n) is 13.7. The van der Waals surface area contributed by atoms with Gasteiger partial charge in [-0.2, -0.15) is 0 Å². The van der Waals surface area contributed by atoms with Crippen LogP contribution in [-0.2, 0) is 0 Å². The minimum Gasteiger partial charge on any atom is -0.477 e. The van der Waals surface area contributed by atoms with Gasteiger partial charge in [0.1, 0.15) is 10.6 Å². The minimum atomic E-state index is -1.10. The largest absolute Gasteiger partial charge is 0.477 e. The van der Waals surface area contributed by atoms with Crippen LogP contribution in [-0.4, -0.2) is 17.0 Å². The molecule has 0 atom stereocenters. The Balaban J connectivity index is 1.90. The fourth-order valence-corrected chi connectivity index (χ4v) is 3.16. The van der Waals surface area contributed by atoms with Crippen LogP contribution in [0.3, 0.4) is 0 Å². The normalized spacial score (nSPS) is 10.4. The zero-order valence-corrected chi connectivity index (χ0v) is 15.2. The first-order chi connectivity index (χ1) is 12.4. The summed E-state index contributed by atoms with van der Waals surface area (Å²) in [6.07, 6.45) is 0. The molecule has 132 valence electrons. The van der Waals surface area contributed by atoms with Gasteiger partial charge in [-0.25, -0.2) is 4.79 Å². The van der Waals surface area contributed by atoms with E-state index in [-0.39, 0.29) is 21.5 Å². The molecule has 0 saturated heterocycles. The Morgan fingerprint density at radius 3 is 2.46 bits per heavy atom. The first-order valence-corrected chi connectivity index (χ1v) is 8.81. The molecule has 0 fully saturated rings. The molecular formula is C19H14ClNO4S. The lowest BCUT2D eigenvalue weighted by atomic mass is 10.1. The monoisotopic (exact) mass is 387 g/mol. The predicted molar refractivity (Wildman–Crippen MR) is 102 cm³/mol. The summed E-state index contributed by atoms with van der Waals surface area (Å²) < 4.78 is 5.74. The summed E-state index contributed by atoms with van der Waals surface area (Å²) in [5, 5.41) is 12.6. The molecule has 0 aliphatic carbocycles. The molecule has 1 amide bonds. The van der Waals surface area contributed by atoms with Crippen molar-refractivity contribution in [3.05, 3.63) is 75.6 Å². The van der Waals surface area contributed by atoms with Crippen molar-refractivity contribution < 1.29 is 19.4 Å². The van der Waals surface area contributed by atoms with E-state index in [4.69, 9.17) is 16.3 Å². The fraction of sp³-hybridized carbons (Fsp3) is 0.0526. The smallest absolute Gasteiger partial charge is 0.346 e. The second-order valence-electron chi connectivity index (χ2n) is 5.47. The fourth-order valence-electron chi connectivity index (χ4n) is 2.17. The number of anilines is 1. The van der Waals surface area contributed by atoms with Crippen molar-refractivity contribution in [2.75, 3.05) is 5.32 Å². The molecule has 0 aliphatic heterocycles. The highest BCUT2D eigenvalue weighted by Crippen LogP contribution is 2.40. The van der Waals surface area contributed by atoms with E-state index in [2.05, 4.69) is 5.32 Å². The number of thiophene rings is 1. The number of hydrogen-bond donors (Lipinski definition) is 2. The number of benzene rings is 2. The molecule has 0 saturated carbocycles. The molecule has 26 heavy (non-hydrogen) atoms. The Hall–Kier alpha value is -2.83. The molecule has 2 N–H and O–H groups in total. The van der Waals surface area contributed by atoms with Gasteiger partial charge in [0.05, 0.1) is 10.7 Å². The van der Waals surface area contributed by atoms with Crippen LogP contribution in [0.5, 0.6) is 10.8 Å². The molecule has 2 aromatic carbocycles. The first kappa shape index (κ1) is 18.0. The van der Waals surface area contributed by atoms with Gasteiger partial charge >= 0.3 is 5.97 Å². The highest BCUT2D eigenvalue weighted by atomic mass is 35.5. The van der Waals surface area contributed by atoms with Gasteiger partial charge in [-0.05, 0) is 37.3 Å². The van der Waals surface area contributed by atoms with Gasteiger partial charge < -0.3 is 15.2 Å². The maximum Gasteiger partial charge on any atom is 0.346 e. The second-order valence-corrected chi connectivity index (χ2v) is 6.89. The van der Waals surface area contributed by atoms with Crippen LogP contribution in [0.4, 0.5) is 5.69 Å². The summed E-state index contributed by atoms with van der Waals surface area (Å²) in [5.41, 5.74) is 1.77. The van der Waals surface area contributed by atoms with Gasteiger partial charge in [-0.15, -0.1) is 0 Å². The molecule has 0 bridgehead atoms. The lowest BCUT2D eigenvalue weighted by molar-refractivity contribution is 0.0702. The first-order valence-electron chi connectivity index (χ1n) is 7.61. The SMILES string of the molecule is Cc1ccc(C(=O)Nc2cc(C(=O)O)sc2Oc2ccccc2Cl)cc1. The number of aryl methyl sites for hydroxylation is 1. The molecule has 1 heterocycles. The van der Waals surface area contributed by atoms with E-state index in [1.165, 1.54) is 6.07 Å². The number of carbonyl (C=O) groups is 2. The van der Waals surface area contributed by atoms with Crippen LogP contribution >= 0.6 is 22.9 Å². The quantitative estimate of drug-likeness (QED) is 0.610. The molecule has 0 radical (unpaired) electrons. The Bertz CT molecular complexity index is 966. The maximum atomic E-state index is 12.4. The van der Waals surface area contributed by atoms with Crippen molar-refractivity contribution in [1.29, 1.82) is 0 Å². The third kappa shape index (κ3) is 4.04. The lowest BCUT2D eigenvalue weighted by Gasteiger charge is -2.09. The summed E-state index contributed by atoms with van der Waals surface area (Å²) in [6.45, 7) is 1.93. The number of carbonyl (C=O) groups excluding carboxylic acids is 1. The average molecular weight is 388 g/mol. The van der Waals surface area contributed by atoms with E-state index in [9.17, 15) is 14.7 Å². The van der Waals surface area contributed by atoms with Crippen molar-refractivity contribution in [2.24, 2.45) is 0 Å². The van der Waals surface area contributed by atoms with Crippen LogP contribution in [0.1, 0.15) is 25.6 Å². The average Bonchev–Trinajstić information content (AvgIpc) is 3.00. The highest BCUT2D eigenvalue weighted by Gasteiger charge is 2.19. The Morgan fingerprint density at radius 2 is 1.81 bits per heavy atom. The van der Waals surface area contributed by atoms with Crippen molar-refractivity contribution in [1.82, 2.24) is 0 Å². The predicted octanol–water partition coefficient (Wildman–Crippen LogP) is 5.45. The van der Waals surface area contributed by atoms with E-state index >= 15 is 0 Å². The Kier molecular flexibility index (Phi) is 5.25. The van der Waals surface area contributed by atoms with Crippen LogP contribution in [0, 0.1) is 6.92 Å². The lowest BCUT2D eigenvalue weighted by Crippen LogP contribution is -2.11. The van der Waals surface area contributed by atoms with E-state index in [1.807, 2.05) is 19.1 Å². The maximum absolute atomic E-state index is 12.4. The standard InChI is InChI=1S/C19H14ClNO4S/c1-11-6-8-12(9-7-11)17(22)21-14-10-16(18(23)24)26-19(14)25-15-5-3-2-4-13(15)20/h2-10H,1H3,(H,21,22)(H,23,24). The summed E-state index contributed by atoms with van der Waals surface area (Å²) >= 11 is 7.00. The Morgan fingerprint density at radius 1 is 1.12 bits per heavy atom. The van der Waals surface area contributed by atoms with Crippen LogP contribution < -0.4 is 10.1 Å². The van der Waals surface area contributed by atoms with E-state index in [1.54, 1.807) is 36.4 Å². The number of rotatable bonds is 5. The number of carboxylic acid groups (broad SMARTS) is 1. The molecule has 0 unspecified atom stereocenters. The van der Waals surface area contributed by atoms with Gasteiger partial charge in [0, 0.05) is 5.56 Å². The number of aromatic carboxylic acids is 1. The summed E-state index contributed by atoms with van der Waals surface area (Å²) in [6, 6.07) is 15.2. The molecule has 1 aromatic heterocycles. The molecular weight excluding hydrogens is 374 g/mol. The van der Waals surface area contributed by atoms with Gasteiger partial charge in [-0.1, -0.05) is 52.8 Å². The van der Waals surface area contributed by atoms with Gasteiger partial charge in [0.25, 0.3) is 5.91 Å². The van der Waals surface area contributed by atoms with Crippen molar-refractivity contribution in [2.45, 2.75) is 6.92 Å². The van der Waals surface area contributed by atoms with Gasteiger partial charge in [0.2, 0.25) is 5.06 Å². The Labute approximate surface area is 158 Å². The molecule has 3 aromatic rings. The number of para-hydroxylation sites is 1. The second kappa shape index (κ2) is 7.59. The van der Waals surface area contributed by atoms with Crippen molar-refractivity contribution >= 4 is 40.5 Å². The number of carboxylic acids is 1. The van der Waals surface area contributed by atoms with Crippen molar-refractivity contribution in [3.8, 4) is 10.8 Å².